The predicted octanol–water partition coefficient (Wildman–Crippen LogP) is 3.20. The molecule has 0 fully saturated rings. The number of hydrogen-bond donors (Lipinski definition) is 0. The molecule has 1 aromatic heterocycles. The zero-order valence-corrected chi connectivity index (χ0v) is 13.6. The largest absolute Gasteiger partial charge is 0.492 e. The second kappa shape index (κ2) is 6.39. The average molecular weight is 336 g/mol. The lowest BCUT2D eigenvalue weighted by atomic mass is 9.97. The highest BCUT2D eigenvalue weighted by Gasteiger charge is 2.27. The molecule has 1 aliphatic heterocycles. The Morgan fingerprint density at radius 1 is 1.16 bits per heavy atom. The van der Waals surface area contributed by atoms with Gasteiger partial charge in [-0.3, -0.25) is 4.79 Å². The van der Waals surface area contributed by atoms with Crippen LogP contribution in [0.3, 0.4) is 0 Å². The Morgan fingerprint density at radius 3 is 2.72 bits per heavy atom. The summed E-state index contributed by atoms with van der Waals surface area (Å²) in [7, 11) is 0. The summed E-state index contributed by atoms with van der Waals surface area (Å²) in [6.45, 7) is 2.06. The molecule has 0 N–H and O–H groups in total. The van der Waals surface area contributed by atoms with E-state index in [-0.39, 0.29) is 11.9 Å². The van der Waals surface area contributed by atoms with Crippen LogP contribution in [0.25, 0.3) is 11.4 Å². The van der Waals surface area contributed by atoms with Crippen LogP contribution in [0.2, 0.25) is 0 Å². The maximum absolute atomic E-state index is 12.4. The van der Waals surface area contributed by atoms with Gasteiger partial charge in [-0.05, 0) is 42.3 Å². The summed E-state index contributed by atoms with van der Waals surface area (Å²) >= 11 is 0. The lowest BCUT2D eigenvalue weighted by molar-refractivity contribution is -0.140. The van der Waals surface area contributed by atoms with Gasteiger partial charge < -0.3 is 14.0 Å². The fourth-order valence-corrected chi connectivity index (χ4v) is 2.77. The second-order valence-corrected chi connectivity index (χ2v) is 5.90. The summed E-state index contributed by atoms with van der Waals surface area (Å²) in [4.78, 5) is 16.6. The van der Waals surface area contributed by atoms with E-state index < -0.39 is 0 Å². The molecule has 0 radical (unpaired) electrons. The van der Waals surface area contributed by atoms with E-state index in [1.165, 1.54) is 0 Å². The van der Waals surface area contributed by atoms with Crippen LogP contribution in [0.1, 0.15) is 11.5 Å². The van der Waals surface area contributed by atoms with Gasteiger partial charge in [-0.2, -0.15) is 4.98 Å². The summed E-state index contributed by atoms with van der Waals surface area (Å²) in [5.41, 5.74) is 1.82. The van der Waals surface area contributed by atoms with E-state index >= 15 is 0 Å². The lowest BCUT2D eigenvalue weighted by Crippen LogP contribution is -2.31. The molecule has 0 amide bonds. The van der Waals surface area contributed by atoms with Gasteiger partial charge >= 0.3 is 5.97 Å². The van der Waals surface area contributed by atoms with Crippen LogP contribution >= 0.6 is 0 Å². The Labute approximate surface area is 144 Å². The fourth-order valence-electron chi connectivity index (χ4n) is 2.77. The predicted molar refractivity (Wildman–Crippen MR) is 89.2 cm³/mol. The Kier molecular flexibility index (Phi) is 3.93. The molecule has 0 aliphatic carbocycles. The Bertz CT molecular complexity index is 902. The zero-order valence-electron chi connectivity index (χ0n) is 13.6. The molecule has 1 unspecified atom stereocenters. The molecule has 0 spiro atoms. The summed E-state index contributed by atoms with van der Waals surface area (Å²) in [5.74, 6) is 1.72. The summed E-state index contributed by atoms with van der Waals surface area (Å²) in [5, 5.41) is 3.86. The van der Waals surface area contributed by atoms with Crippen LogP contribution < -0.4 is 9.47 Å². The number of nitrogens with zero attached hydrogens (tertiary/aromatic N) is 2. The van der Waals surface area contributed by atoms with Crippen molar-refractivity contribution in [1.29, 1.82) is 0 Å². The molecule has 2 heterocycles. The third-order valence-corrected chi connectivity index (χ3v) is 4.07. The van der Waals surface area contributed by atoms with Crippen LogP contribution in [0.15, 0.2) is 53.1 Å². The number of aryl methyl sites for hydroxylation is 1. The maximum atomic E-state index is 12.4. The van der Waals surface area contributed by atoms with E-state index in [4.69, 9.17) is 14.0 Å². The number of aromatic nitrogens is 2. The number of benzene rings is 2. The van der Waals surface area contributed by atoms with Crippen LogP contribution in [0, 0.1) is 12.8 Å². The number of carbonyl (C=O) groups is 1. The summed E-state index contributed by atoms with van der Waals surface area (Å²) < 4.78 is 16.1. The molecule has 2 aromatic carbocycles. The Hall–Kier alpha value is -3.15. The number of esters is 1. The number of rotatable bonds is 3. The molecule has 3 aromatic rings. The Balaban J connectivity index is 1.43. The first kappa shape index (κ1) is 15.4. The van der Waals surface area contributed by atoms with Crippen LogP contribution in [-0.2, 0) is 11.2 Å². The molecular formula is C19H16N2O4. The highest BCUT2D eigenvalue weighted by atomic mass is 16.5. The molecule has 6 heteroatoms. The standard InChI is InChI=1S/C19H16N2O4/c1-12-20-18(21-25-12)13-6-8-16(9-7-13)24-19(22)15-10-14-4-2-3-5-17(14)23-11-15/h2-9,15H,10-11H2,1H3. The number of carbonyl (C=O) groups excluding carboxylic acids is 1. The lowest BCUT2D eigenvalue weighted by Gasteiger charge is -2.23. The fraction of sp³-hybridized carbons (Fsp3) is 0.211. The van der Waals surface area contributed by atoms with Crippen LogP contribution in [0.4, 0.5) is 0 Å². The monoisotopic (exact) mass is 336 g/mol. The zero-order chi connectivity index (χ0) is 17.2. The molecule has 4 rings (SSSR count). The smallest absolute Gasteiger partial charge is 0.318 e. The van der Waals surface area contributed by atoms with E-state index in [9.17, 15) is 4.79 Å². The molecule has 1 atom stereocenters. The number of hydrogen-bond acceptors (Lipinski definition) is 6. The van der Waals surface area contributed by atoms with E-state index in [1.54, 1.807) is 31.2 Å². The van der Waals surface area contributed by atoms with Gasteiger partial charge in [0.05, 0.1) is 5.92 Å². The molecule has 0 bridgehead atoms. The molecule has 126 valence electrons. The van der Waals surface area contributed by atoms with Gasteiger partial charge in [0, 0.05) is 12.5 Å². The quantitative estimate of drug-likeness (QED) is 0.540. The molecule has 1 aliphatic rings. The minimum atomic E-state index is -0.311. The van der Waals surface area contributed by atoms with E-state index in [1.807, 2.05) is 24.3 Å². The van der Waals surface area contributed by atoms with Crippen molar-refractivity contribution in [2.75, 3.05) is 6.61 Å². The first-order valence-corrected chi connectivity index (χ1v) is 8.02. The summed E-state index contributed by atoms with van der Waals surface area (Å²) in [6.07, 6.45) is 0.620. The van der Waals surface area contributed by atoms with Gasteiger partial charge in [0.25, 0.3) is 0 Å². The highest BCUT2D eigenvalue weighted by molar-refractivity contribution is 5.76. The molecule has 6 nitrogen and oxygen atoms in total. The number of fused-ring (bicyclic) bond motifs is 1. The maximum Gasteiger partial charge on any atom is 0.318 e. The molecule has 0 saturated carbocycles. The minimum absolute atomic E-state index is 0.294. The normalized spacial score (nSPS) is 16.0. The number of ether oxygens (including phenoxy) is 2. The van der Waals surface area contributed by atoms with Gasteiger partial charge in [-0.1, -0.05) is 23.4 Å². The van der Waals surface area contributed by atoms with Crippen molar-refractivity contribution >= 4 is 5.97 Å². The van der Waals surface area contributed by atoms with Gasteiger partial charge in [0.15, 0.2) is 0 Å². The van der Waals surface area contributed by atoms with Gasteiger partial charge in [0.2, 0.25) is 11.7 Å². The van der Waals surface area contributed by atoms with Crippen molar-refractivity contribution in [3.63, 3.8) is 0 Å². The SMILES string of the molecule is Cc1nc(-c2ccc(OC(=O)C3COc4ccccc4C3)cc2)no1. The van der Waals surface area contributed by atoms with Crippen molar-refractivity contribution in [3.8, 4) is 22.9 Å². The Morgan fingerprint density at radius 2 is 1.96 bits per heavy atom. The van der Waals surface area contributed by atoms with Gasteiger partial charge in [-0.25, -0.2) is 0 Å². The third kappa shape index (κ3) is 3.24. The van der Waals surface area contributed by atoms with Crippen molar-refractivity contribution in [1.82, 2.24) is 10.1 Å². The highest BCUT2D eigenvalue weighted by Crippen LogP contribution is 2.28. The second-order valence-electron chi connectivity index (χ2n) is 5.90. The van der Waals surface area contributed by atoms with Gasteiger partial charge in [0.1, 0.15) is 18.1 Å². The summed E-state index contributed by atoms with van der Waals surface area (Å²) in [6, 6.07) is 14.8. The minimum Gasteiger partial charge on any atom is -0.492 e. The van der Waals surface area contributed by atoms with Crippen molar-refractivity contribution in [2.24, 2.45) is 5.92 Å². The van der Waals surface area contributed by atoms with E-state index in [0.717, 1.165) is 16.9 Å². The third-order valence-electron chi connectivity index (χ3n) is 4.07. The first-order valence-electron chi connectivity index (χ1n) is 8.02. The molecule has 0 saturated heterocycles. The molecule has 25 heavy (non-hydrogen) atoms. The molecular weight excluding hydrogens is 320 g/mol. The average Bonchev–Trinajstić information content (AvgIpc) is 3.08. The van der Waals surface area contributed by atoms with E-state index in [0.29, 0.717) is 30.5 Å². The van der Waals surface area contributed by atoms with Crippen LogP contribution in [0.5, 0.6) is 11.5 Å². The van der Waals surface area contributed by atoms with Crippen molar-refractivity contribution in [3.05, 3.63) is 60.0 Å². The first-order chi connectivity index (χ1) is 12.2. The van der Waals surface area contributed by atoms with Crippen molar-refractivity contribution in [2.45, 2.75) is 13.3 Å². The van der Waals surface area contributed by atoms with Crippen molar-refractivity contribution < 1.29 is 18.8 Å². The van der Waals surface area contributed by atoms with Gasteiger partial charge in [-0.15, -0.1) is 0 Å². The van der Waals surface area contributed by atoms with Crippen LogP contribution in [-0.4, -0.2) is 22.7 Å². The van der Waals surface area contributed by atoms with E-state index in [2.05, 4.69) is 10.1 Å². The number of para-hydroxylation sites is 1. The topological polar surface area (TPSA) is 74.5 Å².